The molecular formula is C22H32Cl2N2O2. The number of aryl methyl sites for hydroxylation is 2. The van der Waals surface area contributed by atoms with Gasteiger partial charge in [0.1, 0.15) is 18.5 Å². The molecule has 6 heteroatoms. The maximum Gasteiger partial charge on any atom is 0.119 e. The van der Waals surface area contributed by atoms with Crippen molar-refractivity contribution in [3.05, 3.63) is 65.2 Å². The summed E-state index contributed by atoms with van der Waals surface area (Å²) in [5.41, 5.74) is 3.83. The zero-order valence-corrected chi connectivity index (χ0v) is 18.3. The van der Waals surface area contributed by atoms with Crippen LogP contribution in [0.3, 0.4) is 0 Å². The molecular weight excluding hydrogens is 395 g/mol. The van der Waals surface area contributed by atoms with Gasteiger partial charge >= 0.3 is 0 Å². The molecule has 1 fully saturated rings. The van der Waals surface area contributed by atoms with E-state index in [1.807, 2.05) is 12.1 Å². The topological polar surface area (TPSA) is 35.9 Å². The molecule has 1 atom stereocenters. The van der Waals surface area contributed by atoms with Crippen LogP contribution in [0, 0.1) is 13.8 Å². The van der Waals surface area contributed by atoms with Crippen molar-refractivity contribution in [2.45, 2.75) is 26.5 Å². The van der Waals surface area contributed by atoms with E-state index in [1.54, 1.807) is 0 Å². The second-order valence-corrected chi connectivity index (χ2v) is 7.27. The first-order valence-corrected chi connectivity index (χ1v) is 9.47. The van der Waals surface area contributed by atoms with Crippen molar-refractivity contribution in [1.29, 1.82) is 0 Å². The van der Waals surface area contributed by atoms with Crippen LogP contribution in [0.15, 0.2) is 48.5 Å². The highest BCUT2D eigenvalue weighted by Crippen LogP contribution is 2.16. The lowest BCUT2D eigenvalue weighted by molar-refractivity contribution is 0.0446. The number of nitrogens with zero attached hydrogens (tertiary/aromatic N) is 2. The molecule has 0 aromatic heterocycles. The van der Waals surface area contributed by atoms with Crippen LogP contribution in [0.5, 0.6) is 5.75 Å². The van der Waals surface area contributed by atoms with Crippen molar-refractivity contribution in [2.75, 3.05) is 39.3 Å². The van der Waals surface area contributed by atoms with E-state index in [9.17, 15) is 5.11 Å². The van der Waals surface area contributed by atoms with Crippen LogP contribution in [0.1, 0.15) is 16.7 Å². The molecule has 2 aromatic carbocycles. The first-order valence-electron chi connectivity index (χ1n) is 9.47. The Morgan fingerprint density at radius 3 is 2.18 bits per heavy atom. The predicted molar refractivity (Wildman–Crippen MR) is 120 cm³/mol. The summed E-state index contributed by atoms with van der Waals surface area (Å²) in [4.78, 5) is 4.81. The summed E-state index contributed by atoms with van der Waals surface area (Å²) in [5.74, 6) is 0.833. The normalized spacial score (nSPS) is 16.0. The molecule has 1 aliphatic heterocycles. The fourth-order valence-electron chi connectivity index (χ4n) is 3.32. The summed E-state index contributed by atoms with van der Waals surface area (Å²) in [6, 6.07) is 16.7. The Kier molecular flexibility index (Phi) is 10.9. The number of halogens is 2. The van der Waals surface area contributed by atoms with Crippen molar-refractivity contribution < 1.29 is 9.84 Å². The number of hydrogen-bond acceptors (Lipinski definition) is 4. The van der Waals surface area contributed by atoms with Gasteiger partial charge in [-0.1, -0.05) is 36.4 Å². The average Bonchev–Trinajstić information content (AvgIpc) is 2.65. The Hall–Kier alpha value is -1.30. The Balaban J connectivity index is 0.00000196. The van der Waals surface area contributed by atoms with Gasteiger partial charge in [-0.25, -0.2) is 0 Å². The summed E-state index contributed by atoms with van der Waals surface area (Å²) in [6.45, 7) is 10.3. The molecule has 1 aliphatic rings. The minimum absolute atomic E-state index is 0. The predicted octanol–water partition coefficient (Wildman–Crippen LogP) is 3.70. The third-order valence-corrected chi connectivity index (χ3v) is 5.10. The zero-order valence-electron chi connectivity index (χ0n) is 16.7. The van der Waals surface area contributed by atoms with E-state index in [4.69, 9.17) is 4.74 Å². The van der Waals surface area contributed by atoms with Gasteiger partial charge in [-0.05, 0) is 42.7 Å². The van der Waals surface area contributed by atoms with Crippen LogP contribution in [-0.2, 0) is 6.54 Å². The van der Waals surface area contributed by atoms with Crippen LogP contribution in [0.2, 0.25) is 0 Å². The second-order valence-electron chi connectivity index (χ2n) is 7.27. The van der Waals surface area contributed by atoms with E-state index in [0.29, 0.717) is 13.2 Å². The van der Waals surface area contributed by atoms with Gasteiger partial charge in [-0.2, -0.15) is 0 Å². The first-order chi connectivity index (χ1) is 12.6. The Labute approximate surface area is 181 Å². The van der Waals surface area contributed by atoms with E-state index in [0.717, 1.165) is 38.5 Å². The number of β-amino-alcohol motifs (C(OH)–C–C–N with tert-alkyl or cyclic N) is 1. The van der Waals surface area contributed by atoms with Crippen LogP contribution in [0.4, 0.5) is 0 Å². The molecule has 28 heavy (non-hydrogen) atoms. The molecule has 4 nitrogen and oxygen atoms in total. The van der Waals surface area contributed by atoms with E-state index in [1.165, 1.54) is 16.7 Å². The molecule has 0 saturated carbocycles. The molecule has 1 unspecified atom stereocenters. The SMILES string of the molecule is Cc1ccc(OCC(O)CN2CCN(Cc3ccccc3)CC2)cc1C.Cl.Cl. The van der Waals surface area contributed by atoms with Crippen molar-refractivity contribution in [3.63, 3.8) is 0 Å². The lowest BCUT2D eigenvalue weighted by atomic mass is 10.1. The molecule has 0 spiro atoms. The number of ether oxygens (including phenoxy) is 1. The third-order valence-electron chi connectivity index (χ3n) is 5.10. The minimum Gasteiger partial charge on any atom is -0.491 e. The summed E-state index contributed by atoms with van der Waals surface area (Å²) >= 11 is 0. The highest BCUT2D eigenvalue weighted by Gasteiger charge is 2.19. The smallest absolute Gasteiger partial charge is 0.119 e. The van der Waals surface area contributed by atoms with Gasteiger partial charge in [-0.15, -0.1) is 24.8 Å². The van der Waals surface area contributed by atoms with Gasteiger partial charge in [0.25, 0.3) is 0 Å². The van der Waals surface area contributed by atoms with Gasteiger partial charge < -0.3 is 9.84 Å². The monoisotopic (exact) mass is 426 g/mol. The maximum atomic E-state index is 10.3. The molecule has 0 amide bonds. The van der Waals surface area contributed by atoms with Crippen LogP contribution in [0.25, 0.3) is 0 Å². The molecule has 3 rings (SSSR count). The fraction of sp³-hybridized carbons (Fsp3) is 0.455. The highest BCUT2D eigenvalue weighted by atomic mass is 35.5. The van der Waals surface area contributed by atoms with Gasteiger partial charge in [0.15, 0.2) is 0 Å². The van der Waals surface area contributed by atoms with E-state index < -0.39 is 6.10 Å². The van der Waals surface area contributed by atoms with Crippen LogP contribution < -0.4 is 4.74 Å². The van der Waals surface area contributed by atoms with Crippen molar-refractivity contribution >= 4 is 24.8 Å². The lowest BCUT2D eigenvalue weighted by Gasteiger charge is -2.35. The minimum atomic E-state index is -0.461. The number of piperazine rings is 1. The summed E-state index contributed by atoms with van der Waals surface area (Å²) in [7, 11) is 0. The van der Waals surface area contributed by atoms with Crippen molar-refractivity contribution in [1.82, 2.24) is 9.80 Å². The molecule has 0 aliphatic carbocycles. The number of benzene rings is 2. The largest absolute Gasteiger partial charge is 0.491 e. The van der Waals surface area contributed by atoms with Gasteiger partial charge in [-0.3, -0.25) is 9.80 Å². The average molecular weight is 427 g/mol. The quantitative estimate of drug-likeness (QED) is 0.731. The molecule has 156 valence electrons. The summed E-state index contributed by atoms with van der Waals surface area (Å²) in [5, 5.41) is 10.3. The van der Waals surface area contributed by atoms with Crippen LogP contribution >= 0.6 is 24.8 Å². The second kappa shape index (κ2) is 12.3. The van der Waals surface area contributed by atoms with Gasteiger partial charge in [0.2, 0.25) is 0 Å². The number of aliphatic hydroxyl groups excluding tert-OH is 1. The standard InChI is InChI=1S/C22H30N2O2.2ClH/c1-18-8-9-22(14-19(18)2)26-17-21(25)16-24-12-10-23(11-13-24)15-20-6-4-3-5-7-20;;/h3-9,14,21,25H,10-13,15-17H2,1-2H3;2*1H. The molecule has 1 saturated heterocycles. The van der Waals surface area contributed by atoms with Gasteiger partial charge in [0.05, 0.1) is 0 Å². The Morgan fingerprint density at radius 1 is 0.893 bits per heavy atom. The first kappa shape index (κ1) is 24.7. The zero-order chi connectivity index (χ0) is 18.4. The Bertz CT molecular complexity index is 692. The number of rotatable bonds is 7. The van der Waals surface area contributed by atoms with E-state index >= 15 is 0 Å². The molecule has 1 heterocycles. The third kappa shape index (κ3) is 7.61. The molecule has 1 N–H and O–H groups in total. The van der Waals surface area contributed by atoms with Gasteiger partial charge in [0, 0.05) is 39.3 Å². The molecule has 0 bridgehead atoms. The summed E-state index contributed by atoms with van der Waals surface area (Å²) < 4.78 is 5.76. The Morgan fingerprint density at radius 2 is 1.54 bits per heavy atom. The highest BCUT2D eigenvalue weighted by molar-refractivity contribution is 5.85. The van der Waals surface area contributed by atoms with E-state index in [2.05, 4.69) is 60.0 Å². The van der Waals surface area contributed by atoms with E-state index in [-0.39, 0.29) is 24.8 Å². The number of aliphatic hydroxyl groups is 1. The van der Waals surface area contributed by atoms with Crippen molar-refractivity contribution in [2.24, 2.45) is 0 Å². The summed E-state index contributed by atoms with van der Waals surface area (Å²) in [6.07, 6.45) is -0.461. The molecule has 0 radical (unpaired) electrons. The molecule has 2 aromatic rings. The lowest BCUT2D eigenvalue weighted by Crippen LogP contribution is -2.48. The fourth-order valence-corrected chi connectivity index (χ4v) is 3.32. The maximum absolute atomic E-state index is 10.3. The van der Waals surface area contributed by atoms with Crippen LogP contribution in [-0.4, -0.2) is 60.3 Å². The van der Waals surface area contributed by atoms with Crippen molar-refractivity contribution in [3.8, 4) is 5.75 Å². The number of hydrogen-bond donors (Lipinski definition) is 1.